The zero-order chi connectivity index (χ0) is 21.1. The molecule has 7 nitrogen and oxygen atoms in total. The van der Waals surface area contributed by atoms with E-state index in [0.717, 1.165) is 62.7 Å². The molecule has 2 N–H and O–H groups in total. The zero-order valence-electron chi connectivity index (χ0n) is 17.9. The van der Waals surface area contributed by atoms with Crippen LogP contribution in [0.3, 0.4) is 0 Å². The first kappa shape index (κ1) is 23.4. The zero-order valence-corrected chi connectivity index (χ0v) is 18.7. The molecule has 1 aliphatic carbocycles. The number of halogens is 1. The molecule has 1 atom stereocenters. The average molecular weight is 447 g/mol. The van der Waals surface area contributed by atoms with E-state index in [0.29, 0.717) is 6.54 Å². The van der Waals surface area contributed by atoms with Gasteiger partial charge in [0.15, 0.2) is 0 Å². The standard InChI is InChI=1S/C23H30N4O3.ClH/c1-30-21(28)17-4-8-19(9-5-17)27-20(14-26-22(27)29)16-2-6-18(7-3-16)23(15-24)10-12-25-13-11-23;/h2-3,6-7,17,19-20,25H,4-5,8-14H2,1H3,(H,26,29);1H/t17-,19-,20?;. The molecule has 1 unspecified atom stereocenters. The SMILES string of the molecule is COC(=O)[C@H]1CC[C@H](N2C(=O)NCC2c2ccc(C3(C#N)CCNCC3)cc2)CC1.Cl. The highest BCUT2D eigenvalue weighted by atomic mass is 35.5. The number of esters is 1. The number of amides is 2. The van der Waals surface area contributed by atoms with E-state index in [1.165, 1.54) is 7.11 Å². The Morgan fingerprint density at radius 1 is 1.16 bits per heavy atom. The first-order valence-electron chi connectivity index (χ1n) is 10.9. The Balaban J connectivity index is 0.00000272. The van der Waals surface area contributed by atoms with Gasteiger partial charge in [-0.05, 0) is 62.7 Å². The maximum absolute atomic E-state index is 12.6. The van der Waals surface area contributed by atoms with Gasteiger partial charge in [0.2, 0.25) is 0 Å². The highest BCUT2D eigenvalue weighted by Gasteiger charge is 2.40. The lowest BCUT2D eigenvalue weighted by atomic mass is 9.74. The smallest absolute Gasteiger partial charge is 0.318 e. The third kappa shape index (κ3) is 4.51. The minimum atomic E-state index is -0.417. The summed E-state index contributed by atoms with van der Waals surface area (Å²) in [6.45, 7) is 2.30. The summed E-state index contributed by atoms with van der Waals surface area (Å²) in [4.78, 5) is 26.4. The van der Waals surface area contributed by atoms with Crippen LogP contribution in [0.5, 0.6) is 0 Å². The van der Waals surface area contributed by atoms with Gasteiger partial charge in [-0.15, -0.1) is 12.4 Å². The summed E-state index contributed by atoms with van der Waals surface area (Å²) in [6, 6.07) is 10.9. The lowest BCUT2D eigenvalue weighted by Gasteiger charge is -2.36. The summed E-state index contributed by atoms with van der Waals surface area (Å²) in [5, 5.41) is 16.1. The van der Waals surface area contributed by atoms with E-state index in [1.807, 2.05) is 4.90 Å². The number of nitrogens with one attached hydrogen (secondary N) is 2. The normalized spacial score (nSPS) is 27.5. The topological polar surface area (TPSA) is 94.5 Å². The molecule has 8 heteroatoms. The van der Waals surface area contributed by atoms with Gasteiger partial charge in [-0.2, -0.15) is 5.26 Å². The number of rotatable bonds is 4. The number of nitrogens with zero attached hydrogens (tertiary/aromatic N) is 2. The molecule has 2 aliphatic heterocycles. The minimum absolute atomic E-state index is 0. The van der Waals surface area contributed by atoms with Crippen molar-refractivity contribution in [2.24, 2.45) is 5.92 Å². The van der Waals surface area contributed by atoms with Gasteiger partial charge >= 0.3 is 12.0 Å². The summed E-state index contributed by atoms with van der Waals surface area (Å²) < 4.78 is 4.88. The molecule has 3 fully saturated rings. The molecular formula is C23H31ClN4O3. The van der Waals surface area contributed by atoms with Gasteiger partial charge in [0, 0.05) is 12.6 Å². The number of ether oxygens (including phenoxy) is 1. The Hall–Kier alpha value is -2.30. The van der Waals surface area contributed by atoms with Gasteiger partial charge in [-0.25, -0.2) is 4.79 Å². The van der Waals surface area contributed by atoms with Crippen LogP contribution < -0.4 is 10.6 Å². The number of carbonyl (C=O) groups is 2. The van der Waals surface area contributed by atoms with Crippen LogP contribution in [0.1, 0.15) is 55.7 Å². The molecule has 0 radical (unpaired) electrons. The van der Waals surface area contributed by atoms with Gasteiger partial charge in [0.05, 0.1) is 30.6 Å². The number of hydrogen-bond donors (Lipinski definition) is 2. The van der Waals surface area contributed by atoms with Crippen molar-refractivity contribution in [1.82, 2.24) is 15.5 Å². The van der Waals surface area contributed by atoms with E-state index in [1.54, 1.807) is 0 Å². The van der Waals surface area contributed by atoms with Crippen molar-refractivity contribution >= 4 is 24.4 Å². The molecule has 3 aliphatic rings. The Morgan fingerprint density at radius 2 is 1.81 bits per heavy atom. The highest BCUT2D eigenvalue weighted by Crippen LogP contribution is 2.37. The van der Waals surface area contributed by atoms with E-state index in [4.69, 9.17) is 4.74 Å². The molecule has 1 aromatic rings. The molecule has 2 heterocycles. The molecule has 0 bridgehead atoms. The highest BCUT2D eigenvalue weighted by molar-refractivity contribution is 5.85. The molecule has 1 saturated carbocycles. The summed E-state index contributed by atoms with van der Waals surface area (Å²) in [5.41, 5.74) is 1.74. The second-order valence-electron chi connectivity index (χ2n) is 8.70. The molecular weight excluding hydrogens is 416 g/mol. The Morgan fingerprint density at radius 3 is 2.39 bits per heavy atom. The molecule has 2 saturated heterocycles. The molecule has 168 valence electrons. The monoisotopic (exact) mass is 446 g/mol. The molecule has 4 rings (SSSR count). The van der Waals surface area contributed by atoms with Gasteiger partial charge in [-0.3, -0.25) is 4.79 Å². The van der Waals surface area contributed by atoms with Crippen LogP contribution in [0.25, 0.3) is 0 Å². The average Bonchev–Trinajstić information content (AvgIpc) is 3.20. The Labute approximate surface area is 189 Å². The van der Waals surface area contributed by atoms with Crippen LogP contribution in [0.2, 0.25) is 0 Å². The van der Waals surface area contributed by atoms with Crippen molar-refractivity contribution in [3.63, 3.8) is 0 Å². The summed E-state index contributed by atoms with van der Waals surface area (Å²) in [7, 11) is 1.43. The van der Waals surface area contributed by atoms with Crippen LogP contribution in [0.4, 0.5) is 4.79 Å². The van der Waals surface area contributed by atoms with Crippen molar-refractivity contribution in [2.75, 3.05) is 26.7 Å². The summed E-state index contributed by atoms with van der Waals surface area (Å²) in [5.74, 6) is -0.197. The number of piperidine rings is 1. The van der Waals surface area contributed by atoms with Crippen LogP contribution in [-0.2, 0) is 14.9 Å². The lowest BCUT2D eigenvalue weighted by molar-refractivity contribution is -0.146. The number of carbonyl (C=O) groups excluding carboxylic acids is 2. The molecule has 2 amide bonds. The number of benzene rings is 1. The second kappa shape index (κ2) is 9.88. The van der Waals surface area contributed by atoms with Gasteiger partial charge in [0.1, 0.15) is 0 Å². The van der Waals surface area contributed by atoms with E-state index in [-0.39, 0.29) is 42.4 Å². The van der Waals surface area contributed by atoms with Crippen LogP contribution in [-0.4, -0.2) is 49.7 Å². The van der Waals surface area contributed by atoms with Crippen molar-refractivity contribution in [1.29, 1.82) is 5.26 Å². The second-order valence-corrected chi connectivity index (χ2v) is 8.70. The molecule has 31 heavy (non-hydrogen) atoms. The third-order valence-corrected chi connectivity index (χ3v) is 7.16. The fourth-order valence-corrected chi connectivity index (χ4v) is 5.31. The Bertz CT molecular complexity index is 824. The van der Waals surface area contributed by atoms with Crippen molar-refractivity contribution < 1.29 is 14.3 Å². The van der Waals surface area contributed by atoms with E-state index in [9.17, 15) is 14.9 Å². The van der Waals surface area contributed by atoms with Crippen LogP contribution >= 0.6 is 12.4 Å². The van der Waals surface area contributed by atoms with E-state index in [2.05, 4.69) is 41.0 Å². The maximum atomic E-state index is 12.6. The molecule has 0 spiro atoms. The number of nitriles is 1. The number of methoxy groups -OCH3 is 1. The van der Waals surface area contributed by atoms with E-state index < -0.39 is 5.41 Å². The minimum Gasteiger partial charge on any atom is -0.469 e. The fourth-order valence-electron chi connectivity index (χ4n) is 5.31. The van der Waals surface area contributed by atoms with Gasteiger partial charge < -0.3 is 20.3 Å². The number of hydrogen-bond acceptors (Lipinski definition) is 5. The maximum Gasteiger partial charge on any atom is 0.318 e. The van der Waals surface area contributed by atoms with E-state index >= 15 is 0 Å². The first-order chi connectivity index (χ1) is 14.6. The summed E-state index contributed by atoms with van der Waals surface area (Å²) in [6.07, 6.45) is 4.78. The molecule has 0 aromatic heterocycles. The van der Waals surface area contributed by atoms with Crippen LogP contribution in [0, 0.1) is 17.2 Å². The van der Waals surface area contributed by atoms with Gasteiger partial charge in [-0.1, -0.05) is 24.3 Å². The Kier molecular flexibility index (Phi) is 7.45. The largest absolute Gasteiger partial charge is 0.469 e. The van der Waals surface area contributed by atoms with Crippen molar-refractivity contribution in [3.8, 4) is 6.07 Å². The predicted octanol–water partition coefficient (Wildman–Crippen LogP) is 3.05. The molecule has 1 aromatic carbocycles. The fraction of sp³-hybridized carbons (Fsp3) is 0.609. The predicted molar refractivity (Wildman–Crippen MR) is 119 cm³/mol. The number of urea groups is 1. The summed E-state index contributed by atoms with van der Waals surface area (Å²) >= 11 is 0. The third-order valence-electron chi connectivity index (χ3n) is 7.16. The quantitative estimate of drug-likeness (QED) is 0.693. The van der Waals surface area contributed by atoms with Crippen molar-refractivity contribution in [2.45, 2.75) is 56.0 Å². The lowest BCUT2D eigenvalue weighted by Crippen LogP contribution is -2.42. The van der Waals surface area contributed by atoms with Crippen molar-refractivity contribution in [3.05, 3.63) is 35.4 Å². The van der Waals surface area contributed by atoms with Crippen LogP contribution in [0.15, 0.2) is 24.3 Å². The first-order valence-corrected chi connectivity index (χ1v) is 10.9. The van der Waals surface area contributed by atoms with Gasteiger partial charge in [0.25, 0.3) is 0 Å².